The monoisotopic (exact) mass is 621 g/mol. The third-order valence-electron chi connectivity index (χ3n) is 6.32. The highest BCUT2D eigenvalue weighted by molar-refractivity contribution is 5.93. The molecule has 0 aliphatic heterocycles. The topological polar surface area (TPSA) is 138 Å². The number of rotatable bonds is 24. The first-order valence-electron chi connectivity index (χ1n) is 15.8. The number of carbonyl (C=O) groups is 3. The van der Waals surface area contributed by atoms with Crippen LogP contribution >= 0.6 is 0 Å². The van der Waals surface area contributed by atoms with Crippen molar-refractivity contribution in [3.05, 3.63) is 103 Å². The van der Waals surface area contributed by atoms with E-state index in [0.29, 0.717) is 18.4 Å². The summed E-state index contributed by atoms with van der Waals surface area (Å²) in [6, 6.07) is 2.33. The van der Waals surface area contributed by atoms with E-state index in [1.54, 1.807) is 18.3 Å². The Morgan fingerprint density at radius 2 is 1.40 bits per heavy atom. The molecule has 0 fully saturated rings. The molecule has 0 bridgehead atoms. The fraction of sp³-hybridized carbons (Fsp3) is 0.444. The zero-order chi connectivity index (χ0) is 32.8. The van der Waals surface area contributed by atoms with Gasteiger partial charge < -0.3 is 25.6 Å². The molecule has 0 aliphatic carbocycles. The molecule has 9 nitrogen and oxygen atoms in total. The van der Waals surface area contributed by atoms with Gasteiger partial charge >= 0.3 is 5.97 Å². The molecule has 2 amide bonds. The highest BCUT2D eigenvalue weighted by Crippen LogP contribution is 2.05. The number of aliphatic hydroxyl groups is 2. The van der Waals surface area contributed by atoms with E-state index in [0.717, 1.165) is 38.5 Å². The Balaban J connectivity index is 2.33. The van der Waals surface area contributed by atoms with Crippen LogP contribution in [0.5, 0.6) is 0 Å². The lowest BCUT2D eigenvalue weighted by Crippen LogP contribution is -2.44. The van der Waals surface area contributed by atoms with Crippen molar-refractivity contribution in [2.24, 2.45) is 0 Å². The molecule has 0 saturated heterocycles. The molecular formula is C36H51N3O6. The number of nitrogens with one attached hydrogen (secondary N) is 2. The number of carbonyl (C=O) groups excluding carboxylic acids is 3. The number of pyridine rings is 1. The van der Waals surface area contributed by atoms with E-state index in [-0.39, 0.29) is 31.2 Å². The fourth-order valence-electron chi connectivity index (χ4n) is 3.86. The Morgan fingerprint density at radius 1 is 0.844 bits per heavy atom. The van der Waals surface area contributed by atoms with E-state index in [2.05, 4.69) is 83.3 Å². The van der Waals surface area contributed by atoms with Gasteiger partial charge in [0.15, 0.2) is 0 Å². The fourth-order valence-corrected chi connectivity index (χ4v) is 3.86. The second kappa shape index (κ2) is 27.5. The summed E-state index contributed by atoms with van der Waals surface area (Å²) in [5.74, 6) is -1.35. The Labute approximate surface area is 268 Å². The zero-order valence-corrected chi connectivity index (χ0v) is 26.6. The molecule has 1 aromatic heterocycles. The van der Waals surface area contributed by atoms with Crippen LogP contribution in [0.1, 0.15) is 81.5 Å². The molecule has 1 atom stereocenters. The van der Waals surface area contributed by atoms with Gasteiger partial charge in [-0.1, -0.05) is 79.8 Å². The molecular weight excluding hydrogens is 570 g/mol. The zero-order valence-electron chi connectivity index (χ0n) is 26.6. The molecule has 1 heterocycles. The molecule has 0 aliphatic rings. The summed E-state index contributed by atoms with van der Waals surface area (Å²) in [4.78, 5) is 41.2. The number of esters is 1. The lowest BCUT2D eigenvalue weighted by Gasteiger charge is -2.20. The summed E-state index contributed by atoms with van der Waals surface area (Å²) in [6.45, 7) is 1.34. The van der Waals surface area contributed by atoms with E-state index in [9.17, 15) is 24.6 Å². The SMILES string of the molecule is CC/C=C\C/C=C\C/C=C\C/C=C\C/C=C\C/C=C\CCC(=O)N[C@@H](CCCNC(=O)c1cccnc1)C(=O)OC(CO)CO. The smallest absolute Gasteiger partial charge is 0.329 e. The highest BCUT2D eigenvalue weighted by atomic mass is 16.6. The molecule has 0 unspecified atom stereocenters. The van der Waals surface area contributed by atoms with Crippen molar-refractivity contribution >= 4 is 17.8 Å². The number of aliphatic hydroxyl groups excluding tert-OH is 2. The van der Waals surface area contributed by atoms with Crippen molar-refractivity contribution in [1.29, 1.82) is 0 Å². The van der Waals surface area contributed by atoms with Crippen LogP contribution in [0.15, 0.2) is 97.4 Å². The van der Waals surface area contributed by atoms with E-state index in [4.69, 9.17) is 4.74 Å². The van der Waals surface area contributed by atoms with Crippen LogP contribution in [0, 0.1) is 0 Å². The van der Waals surface area contributed by atoms with Gasteiger partial charge in [-0.25, -0.2) is 4.79 Å². The molecule has 0 aromatic carbocycles. The number of ether oxygens (including phenoxy) is 1. The third kappa shape index (κ3) is 21.3. The summed E-state index contributed by atoms with van der Waals surface area (Å²) in [6.07, 6.45) is 34.3. The normalized spacial score (nSPS) is 12.9. The predicted molar refractivity (Wildman–Crippen MR) is 179 cm³/mol. The van der Waals surface area contributed by atoms with Gasteiger partial charge in [0.25, 0.3) is 5.91 Å². The lowest BCUT2D eigenvalue weighted by atomic mass is 10.1. The predicted octanol–water partition coefficient (Wildman–Crippen LogP) is 5.45. The lowest BCUT2D eigenvalue weighted by molar-refractivity contribution is -0.157. The molecule has 9 heteroatoms. The van der Waals surface area contributed by atoms with Gasteiger partial charge in [0.05, 0.1) is 18.8 Å². The van der Waals surface area contributed by atoms with Gasteiger partial charge in [0.2, 0.25) is 5.91 Å². The molecule has 0 spiro atoms. The summed E-state index contributed by atoms with van der Waals surface area (Å²) in [5.41, 5.74) is 0.421. The van der Waals surface area contributed by atoms with E-state index in [1.807, 2.05) is 12.2 Å². The number of amides is 2. The van der Waals surface area contributed by atoms with Gasteiger partial charge in [-0.2, -0.15) is 0 Å². The molecule has 0 saturated carbocycles. The van der Waals surface area contributed by atoms with E-state index >= 15 is 0 Å². The quantitative estimate of drug-likeness (QED) is 0.0684. The van der Waals surface area contributed by atoms with Gasteiger partial charge in [-0.3, -0.25) is 14.6 Å². The maximum absolute atomic E-state index is 12.6. The van der Waals surface area contributed by atoms with Gasteiger partial charge in [0.1, 0.15) is 12.1 Å². The van der Waals surface area contributed by atoms with Crippen LogP contribution in [-0.2, 0) is 14.3 Å². The number of aromatic nitrogens is 1. The van der Waals surface area contributed by atoms with Gasteiger partial charge in [-0.15, -0.1) is 0 Å². The second-order valence-electron chi connectivity index (χ2n) is 10.1. The van der Waals surface area contributed by atoms with Crippen molar-refractivity contribution in [2.75, 3.05) is 19.8 Å². The minimum atomic E-state index is -1.07. The van der Waals surface area contributed by atoms with Crippen molar-refractivity contribution in [2.45, 2.75) is 83.3 Å². The maximum Gasteiger partial charge on any atom is 0.329 e. The molecule has 1 rings (SSSR count). The second-order valence-corrected chi connectivity index (χ2v) is 10.1. The first-order valence-corrected chi connectivity index (χ1v) is 15.8. The molecule has 45 heavy (non-hydrogen) atoms. The van der Waals surface area contributed by atoms with Crippen molar-refractivity contribution in [1.82, 2.24) is 15.6 Å². The number of nitrogens with zero attached hydrogens (tertiary/aromatic N) is 1. The Morgan fingerprint density at radius 3 is 1.91 bits per heavy atom. The van der Waals surface area contributed by atoms with Crippen LogP contribution in [0.3, 0.4) is 0 Å². The minimum absolute atomic E-state index is 0.188. The molecule has 0 radical (unpaired) electrons. The van der Waals surface area contributed by atoms with Gasteiger partial charge in [0, 0.05) is 25.4 Å². The van der Waals surface area contributed by atoms with E-state index < -0.39 is 31.3 Å². The maximum atomic E-state index is 12.6. The van der Waals surface area contributed by atoms with Crippen LogP contribution in [0.25, 0.3) is 0 Å². The standard InChI is InChI=1S/C36H51N3O6/c1-2-3-4-5-6-7-8-9-10-11-12-13-14-15-16-17-18-19-20-25-34(42)39-33(36(44)45-32(29-40)30-41)24-22-27-38-35(43)31-23-21-26-37-28-31/h3-4,6-7,9-10,12-13,15-16,18-19,21,23,26,28,32-33,40-41H,2,5,8,11,14,17,20,22,24-25,27,29-30H2,1H3,(H,38,43)(H,39,42)/b4-3-,7-6-,10-9-,13-12-,16-15-,19-18-/t33-/m0/s1. The van der Waals surface area contributed by atoms with Gasteiger partial charge in [-0.05, 0) is 69.9 Å². The van der Waals surface area contributed by atoms with Crippen LogP contribution < -0.4 is 10.6 Å². The number of hydrogen-bond donors (Lipinski definition) is 4. The number of allylic oxidation sites excluding steroid dienone is 12. The van der Waals surface area contributed by atoms with E-state index in [1.165, 1.54) is 6.20 Å². The third-order valence-corrected chi connectivity index (χ3v) is 6.32. The Hall–Kier alpha value is -4.08. The van der Waals surface area contributed by atoms with Crippen LogP contribution in [0.2, 0.25) is 0 Å². The summed E-state index contributed by atoms with van der Waals surface area (Å²) < 4.78 is 5.12. The minimum Gasteiger partial charge on any atom is -0.456 e. The molecule has 1 aromatic rings. The average Bonchev–Trinajstić information content (AvgIpc) is 3.06. The highest BCUT2D eigenvalue weighted by Gasteiger charge is 2.24. The molecule has 4 N–H and O–H groups in total. The van der Waals surface area contributed by atoms with Crippen molar-refractivity contribution in [3.63, 3.8) is 0 Å². The number of hydrogen-bond acceptors (Lipinski definition) is 7. The van der Waals surface area contributed by atoms with Crippen LogP contribution in [-0.4, -0.2) is 64.9 Å². The largest absolute Gasteiger partial charge is 0.456 e. The summed E-state index contributed by atoms with van der Waals surface area (Å²) in [7, 11) is 0. The Bertz CT molecular complexity index is 1120. The van der Waals surface area contributed by atoms with Crippen molar-refractivity contribution in [3.8, 4) is 0 Å². The first kappa shape index (κ1) is 38.9. The first-order chi connectivity index (χ1) is 22.0. The van der Waals surface area contributed by atoms with Crippen LogP contribution in [0.4, 0.5) is 0 Å². The van der Waals surface area contributed by atoms with Crippen molar-refractivity contribution < 1.29 is 29.3 Å². The summed E-state index contributed by atoms with van der Waals surface area (Å²) in [5, 5.41) is 23.9. The average molecular weight is 622 g/mol. The summed E-state index contributed by atoms with van der Waals surface area (Å²) >= 11 is 0. The molecule has 246 valence electrons. The Kier molecular flexibility index (Phi) is 23.8.